The summed E-state index contributed by atoms with van der Waals surface area (Å²) in [6.45, 7) is 2.20. The minimum absolute atomic E-state index is 0.0897. The number of ether oxygens (including phenoxy) is 1. The van der Waals surface area contributed by atoms with Crippen LogP contribution in [0, 0.1) is 0 Å². The Hall–Kier alpha value is -0.210. The van der Waals surface area contributed by atoms with Crippen molar-refractivity contribution >= 4 is 27.5 Å². The molecule has 1 aromatic carbocycles. The lowest BCUT2D eigenvalue weighted by atomic mass is 10.1. The van der Waals surface area contributed by atoms with E-state index >= 15 is 0 Å². The Labute approximate surface area is 111 Å². The van der Waals surface area contributed by atoms with E-state index in [-0.39, 0.29) is 5.38 Å². The molecule has 0 fully saturated rings. The molecule has 0 aliphatic carbocycles. The van der Waals surface area contributed by atoms with Gasteiger partial charge in [0.25, 0.3) is 0 Å². The SMILES string of the molecule is CCCCCC(Cl)c1ccc(OC)cc1Br. The van der Waals surface area contributed by atoms with Gasteiger partial charge in [-0.1, -0.05) is 48.2 Å². The molecule has 1 unspecified atom stereocenters. The molecule has 0 heterocycles. The fraction of sp³-hybridized carbons (Fsp3) is 0.538. The highest BCUT2D eigenvalue weighted by atomic mass is 79.9. The second-order valence-electron chi connectivity index (χ2n) is 3.85. The molecule has 0 amide bonds. The van der Waals surface area contributed by atoms with Crippen molar-refractivity contribution in [3.05, 3.63) is 28.2 Å². The predicted octanol–water partition coefficient (Wildman–Crippen LogP) is 5.32. The molecule has 0 radical (unpaired) electrons. The number of benzene rings is 1. The van der Waals surface area contributed by atoms with Crippen LogP contribution in [-0.4, -0.2) is 7.11 Å². The summed E-state index contributed by atoms with van der Waals surface area (Å²) < 4.78 is 6.19. The predicted molar refractivity (Wildman–Crippen MR) is 73.4 cm³/mol. The van der Waals surface area contributed by atoms with Crippen molar-refractivity contribution in [3.8, 4) is 5.75 Å². The Bertz CT molecular complexity index is 328. The van der Waals surface area contributed by atoms with E-state index in [4.69, 9.17) is 16.3 Å². The number of unbranched alkanes of at least 4 members (excludes halogenated alkanes) is 2. The molecule has 0 spiro atoms. The van der Waals surface area contributed by atoms with Crippen molar-refractivity contribution in [1.29, 1.82) is 0 Å². The van der Waals surface area contributed by atoms with Crippen LogP contribution >= 0.6 is 27.5 Å². The first kappa shape index (κ1) is 13.9. The van der Waals surface area contributed by atoms with E-state index in [0.717, 1.165) is 22.2 Å². The smallest absolute Gasteiger partial charge is 0.120 e. The molecule has 0 saturated carbocycles. The van der Waals surface area contributed by atoms with E-state index in [1.54, 1.807) is 7.11 Å². The summed E-state index contributed by atoms with van der Waals surface area (Å²) in [5.41, 5.74) is 1.15. The molecular formula is C13H18BrClO. The molecule has 3 heteroatoms. The fourth-order valence-electron chi connectivity index (χ4n) is 1.62. The average molecular weight is 306 g/mol. The molecule has 0 aliphatic heterocycles. The standard InChI is InChI=1S/C13H18BrClO/c1-3-4-5-6-13(15)11-8-7-10(16-2)9-12(11)14/h7-9,13H,3-6H2,1-2H3. The first-order valence-corrected chi connectivity index (χ1v) is 6.89. The van der Waals surface area contributed by atoms with Gasteiger partial charge in [-0.25, -0.2) is 0 Å². The van der Waals surface area contributed by atoms with Gasteiger partial charge < -0.3 is 4.74 Å². The highest BCUT2D eigenvalue weighted by molar-refractivity contribution is 9.10. The van der Waals surface area contributed by atoms with Crippen LogP contribution in [0.4, 0.5) is 0 Å². The number of methoxy groups -OCH3 is 1. The molecule has 90 valence electrons. The molecule has 0 N–H and O–H groups in total. The van der Waals surface area contributed by atoms with E-state index < -0.39 is 0 Å². The molecule has 16 heavy (non-hydrogen) atoms. The molecule has 0 saturated heterocycles. The van der Waals surface area contributed by atoms with E-state index in [1.807, 2.05) is 18.2 Å². The summed E-state index contributed by atoms with van der Waals surface area (Å²) in [7, 11) is 1.67. The minimum atomic E-state index is 0.0897. The number of hydrogen-bond donors (Lipinski definition) is 0. The highest BCUT2D eigenvalue weighted by Gasteiger charge is 2.11. The van der Waals surface area contributed by atoms with Gasteiger partial charge in [-0.2, -0.15) is 0 Å². The Morgan fingerprint density at radius 3 is 2.69 bits per heavy atom. The zero-order chi connectivity index (χ0) is 12.0. The summed E-state index contributed by atoms with van der Waals surface area (Å²) in [6.07, 6.45) is 4.69. The monoisotopic (exact) mass is 304 g/mol. The fourth-order valence-corrected chi connectivity index (χ4v) is 2.73. The van der Waals surface area contributed by atoms with Crippen molar-refractivity contribution in [1.82, 2.24) is 0 Å². The van der Waals surface area contributed by atoms with E-state index in [1.165, 1.54) is 19.3 Å². The maximum absolute atomic E-state index is 6.37. The van der Waals surface area contributed by atoms with Gasteiger partial charge in [0.2, 0.25) is 0 Å². The first-order chi connectivity index (χ1) is 7.69. The van der Waals surface area contributed by atoms with Crippen molar-refractivity contribution in [2.45, 2.75) is 38.0 Å². The van der Waals surface area contributed by atoms with Crippen molar-refractivity contribution in [2.24, 2.45) is 0 Å². The summed E-state index contributed by atoms with van der Waals surface area (Å²) in [6, 6.07) is 5.95. The first-order valence-electron chi connectivity index (χ1n) is 5.66. The minimum Gasteiger partial charge on any atom is -0.497 e. The third-order valence-corrected chi connectivity index (χ3v) is 3.75. The van der Waals surface area contributed by atoms with Gasteiger partial charge in [0, 0.05) is 4.47 Å². The zero-order valence-corrected chi connectivity index (χ0v) is 12.1. The molecule has 1 rings (SSSR count). The summed E-state index contributed by atoms with van der Waals surface area (Å²) in [4.78, 5) is 0. The van der Waals surface area contributed by atoms with Crippen LogP contribution in [0.1, 0.15) is 43.5 Å². The normalized spacial score (nSPS) is 12.5. The van der Waals surface area contributed by atoms with Gasteiger partial charge in [0.05, 0.1) is 12.5 Å². The van der Waals surface area contributed by atoms with Crippen molar-refractivity contribution in [3.63, 3.8) is 0 Å². The largest absolute Gasteiger partial charge is 0.497 e. The Morgan fingerprint density at radius 2 is 2.12 bits per heavy atom. The third-order valence-electron chi connectivity index (χ3n) is 2.61. The van der Waals surface area contributed by atoms with Gasteiger partial charge in [-0.05, 0) is 24.1 Å². The lowest BCUT2D eigenvalue weighted by molar-refractivity contribution is 0.414. The molecule has 1 atom stereocenters. The van der Waals surface area contributed by atoms with Gasteiger partial charge in [0.1, 0.15) is 5.75 Å². The van der Waals surface area contributed by atoms with E-state index in [0.29, 0.717) is 0 Å². The molecule has 0 bridgehead atoms. The molecule has 0 aromatic heterocycles. The molecular weight excluding hydrogens is 287 g/mol. The summed E-state index contributed by atoms with van der Waals surface area (Å²) in [5, 5.41) is 0.0897. The Kier molecular flexibility index (Phi) is 6.22. The van der Waals surface area contributed by atoms with Crippen LogP contribution in [0.25, 0.3) is 0 Å². The van der Waals surface area contributed by atoms with Crippen LogP contribution in [0.5, 0.6) is 5.75 Å². The maximum Gasteiger partial charge on any atom is 0.120 e. The third kappa shape index (κ3) is 3.99. The maximum atomic E-state index is 6.37. The van der Waals surface area contributed by atoms with Crippen LogP contribution in [-0.2, 0) is 0 Å². The summed E-state index contributed by atoms with van der Waals surface area (Å²) >= 11 is 9.91. The van der Waals surface area contributed by atoms with E-state index in [9.17, 15) is 0 Å². The molecule has 1 aromatic rings. The Morgan fingerprint density at radius 1 is 1.38 bits per heavy atom. The van der Waals surface area contributed by atoms with Crippen LogP contribution in [0.15, 0.2) is 22.7 Å². The zero-order valence-electron chi connectivity index (χ0n) is 9.80. The van der Waals surface area contributed by atoms with Crippen LogP contribution in [0.2, 0.25) is 0 Å². The summed E-state index contributed by atoms with van der Waals surface area (Å²) in [5.74, 6) is 0.855. The van der Waals surface area contributed by atoms with Crippen LogP contribution in [0.3, 0.4) is 0 Å². The van der Waals surface area contributed by atoms with Gasteiger partial charge in [-0.3, -0.25) is 0 Å². The topological polar surface area (TPSA) is 9.23 Å². The average Bonchev–Trinajstić information content (AvgIpc) is 2.29. The second-order valence-corrected chi connectivity index (χ2v) is 5.23. The number of alkyl halides is 1. The van der Waals surface area contributed by atoms with Crippen molar-refractivity contribution < 1.29 is 4.74 Å². The van der Waals surface area contributed by atoms with Gasteiger partial charge >= 0.3 is 0 Å². The highest BCUT2D eigenvalue weighted by Crippen LogP contribution is 2.34. The Balaban J connectivity index is 2.64. The molecule has 0 aliphatic rings. The number of halogens is 2. The lowest BCUT2D eigenvalue weighted by Crippen LogP contribution is -1.93. The molecule has 1 nitrogen and oxygen atoms in total. The second kappa shape index (κ2) is 7.18. The van der Waals surface area contributed by atoms with Crippen molar-refractivity contribution in [2.75, 3.05) is 7.11 Å². The van der Waals surface area contributed by atoms with Gasteiger partial charge in [-0.15, -0.1) is 11.6 Å². The van der Waals surface area contributed by atoms with E-state index in [2.05, 4.69) is 22.9 Å². The quantitative estimate of drug-likeness (QED) is 0.510. The van der Waals surface area contributed by atoms with Crippen LogP contribution < -0.4 is 4.74 Å². The van der Waals surface area contributed by atoms with Gasteiger partial charge in [0.15, 0.2) is 0 Å². The number of hydrogen-bond acceptors (Lipinski definition) is 1. The number of rotatable bonds is 6. The lowest BCUT2D eigenvalue weighted by Gasteiger charge is -2.12.